The number of benzene rings is 2. The van der Waals surface area contributed by atoms with Crippen LogP contribution < -0.4 is 0 Å². The van der Waals surface area contributed by atoms with E-state index in [1.807, 2.05) is 28.8 Å². The maximum Gasteiger partial charge on any atom is 0.192 e. The van der Waals surface area contributed by atoms with E-state index in [-0.39, 0.29) is 28.9 Å². The van der Waals surface area contributed by atoms with Crippen molar-refractivity contribution in [2.24, 2.45) is 0 Å². The molecule has 1 unspecified atom stereocenters. The number of hydrogen-bond donors (Lipinski definition) is 0. The third kappa shape index (κ3) is 5.27. The minimum atomic E-state index is -0.295. The summed E-state index contributed by atoms with van der Waals surface area (Å²) in [6, 6.07) is 14.0. The molecule has 0 spiro atoms. The number of ether oxygens (including phenoxy) is 1. The van der Waals surface area contributed by atoms with Crippen molar-refractivity contribution in [1.29, 1.82) is 0 Å². The number of Topliss-reactive ketones (excluding diaryl/α,β-unsaturated/α-hetero) is 1. The quantitative estimate of drug-likeness (QED) is 0.347. The van der Waals surface area contributed by atoms with Crippen molar-refractivity contribution < 1.29 is 13.9 Å². The number of hydrogen-bond acceptors (Lipinski definition) is 5. The highest BCUT2D eigenvalue weighted by molar-refractivity contribution is 7.99. The van der Waals surface area contributed by atoms with Gasteiger partial charge in [0.15, 0.2) is 16.8 Å². The number of carbonyl (C=O) groups is 1. The lowest BCUT2D eigenvalue weighted by atomic mass is 9.86. The van der Waals surface area contributed by atoms with Crippen LogP contribution in [0.4, 0.5) is 4.39 Å². The molecule has 0 radical (unpaired) electrons. The van der Waals surface area contributed by atoms with Crippen LogP contribution in [0, 0.1) is 5.82 Å². The summed E-state index contributed by atoms with van der Waals surface area (Å²) in [7, 11) is 0. The van der Waals surface area contributed by atoms with Gasteiger partial charge in [-0.25, -0.2) is 4.39 Å². The molecule has 4 rings (SSSR count). The molecule has 7 heteroatoms. The van der Waals surface area contributed by atoms with Gasteiger partial charge in [-0.2, -0.15) is 0 Å². The van der Waals surface area contributed by atoms with Crippen LogP contribution in [0.2, 0.25) is 0 Å². The highest BCUT2D eigenvalue weighted by atomic mass is 32.2. The van der Waals surface area contributed by atoms with Crippen molar-refractivity contribution in [2.75, 3.05) is 12.4 Å². The number of halogens is 1. The Kier molecular flexibility index (Phi) is 6.76. The third-order valence-corrected chi connectivity index (χ3v) is 6.60. The van der Waals surface area contributed by atoms with Gasteiger partial charge < -0.3 is 4.74 Å². The van der Waals surface area contributed by atoms with Gasteiger partial charge >= 0.3 is 0 Å². The zero-order valence-corrected chi connectivity index (χ0v) is 19.5. The highest BCUT2D eigenvalue weighted by Gasteiger charge is 2.22. The van der Waals surface area contributed by atoms with Crippen LogP contribution in [0.25, 0.3) is 11.4 Å². The van der Waals surface area contributed by atoms with Crippen LogP contribution in [0.15, 0.2) is 53.7 Å². The Morgan fingerprint density at radius 2 is 1.84 bits per heavy atom. The molecule has 0 amide bonds. The first-order valence-corrected chi connectivity index (χ1v) is 11.9. The lowest BCUT2D eigenvalue weighted by molar-refractivity contribution is 0.0953. The molecular weight excluding hydrogens is 425 g/mol. The molecule has 2 heterocycles. The summed E-state index contributed by atoms with van der Waals surface area (Å²) in [5.41, 5.74) is 2.72. The van der Waals surface area contributed by atoms with Gasteiger partial charge in [0, 0.05) is 17.7 Å². The second-order valence-corrected chi connectivity index (χ2v) is 10.0. The van der Waals surface area contributed by atoms with Gasteiger partial charge in [-0.3, -0.25) is 9.36 Å². The summed E-state index contributed by atoms with van der Waals surface area (Å²) in [6.45, 7) is 7.82. The second-order valence-electron chi connectivity index (χ2n) is 9.10. The monoisotopic (exact) mass is 453 g/mol. The van der Waals surface area contributed by atoms with Gasteiger partial charge in [-0.1, -0.05) is 56.8 Å². The lowest BCUT2D eigenvalue weighted by Gasteiger charge is -2.19. The van der Waals surface area contributed by atoms with E-state index >= 15 is 0 Å². The van der Waals surface area contributed by atoms with Gasteiger partial charge in [0.2, 0.25) is 0 Å². The molecule has 0 N–H and O–H groups in total. The summed E-state index contributed by atoms with van der Waals surface area (Å²) in [5, 5.41) is 9.36. The molecule has 0 saturated carbocycles. The molecule has 168 valence electrons. The molecular formula is C25H28FN3O2S. The Hall–Kier alpha value is -2.51. The molecule has 1 aromatic heterocycles. The van der Waals surface area contributed by atoms with Gasteiger partial charge in [0.05, 0.1) is 18.4 Å². The Labute approximate surface area is 192 Å². The molecule has 32 heavy (non-hydrogen) atoms. The van der Waals surface area contributed by atoms with Crippen LogP contribution in [-0.4, -0.2) is 39.0 Å². The zero-order chi connectivity index (χ0) is 22.7. The van der Waals surface area contributed by atoms with Gasteiger partial charge in [0.1, 0.15) is 5.82 Å². The predicted octanol–water partition coefficient (Wildman–Crippen LogP) is 5.54. The third-order valence-electron chi connectivity index (χ3n) is 5.63. The van der Waals surface area contributed by atoms with Crippen molar-refractivity contribution >= 4 is 17.5 Å². The highest BCUT2D eigenvalue weighted by Crippen LogP contribution is 2.28. The van der Waals surface area contributed by atoms with E-state index in [0.717, 1.165) is 25.0 Å². The van der Waals surface area contributed by atoms with Crippen LogP contribution >= 0.6 is 11.8 Å². The standard InChI is InChI=1S/C25H28FN3O2S/c1-25(2,3)19-10-6-17(7-11-19)22(30)16-32-24-28-27-23(18-8-12-20(26)13-9-18)29(24)15-21-5-4-14-31-21/h6-13,21H,4-5,14-16H2,1-3H3. The number of aromatic nitrogens is 3. The number of thioether (sulfide) groups is 1. The Morgan fingerprint density at radius 1 is 1.12 bits per heavy atom. The summed E-state index contributed by atoms with van der Waals surface area (Å²) in [5.74, 6) is 0.675. The van der Waals surface area contributed by atoms with E-state index < -0.39 is 0 Å². The van der Waals surface area contributed by atoms with Crippen molar-refractivity contribution in [2.45, 2.75) is 56.8 Å². The zero-order valence-electron chi connectivity index (χ0n) is 18.7. The second kappa shape index (κ2) is 9.55. The minimum Gasteiger partial charge on any atom is -0.376 e. The largest absolute Gasteiger partial charge is 0.376 e. The van der Waals surface area contributed by atoms with Gasteiger partial charge in [0.25, 0.3) is 0 Å². The minimum absolute atomic E-state index is 0.0467. The van der Waals surface area contributed by atoms with E-state index in [4.69, 9.17) is 4.74 Å². The van der Waals surface area contributed by atoms with Crippen molar-refractivity contribution in [3.63, 3.8) is 0 Å². The maximum atomic E-state index is 13.4. The van der Waals surface area contributed by atoms with E-state index in [0.29, 0.717) is 23.1 Å². The average molecular weight is 454 g/mol. The predicted molar refractivity (Wildman–Crippen MR) is 125 cm³/mol. The average Bonchev–Trinajstić information content (AvgIpc) is 3.43. The molecule has 2 aromatic carbocycles. The molecule has 1 aliphatic heterocycles. The van der Waals surface area contributed by atoms with Gasteiger partial charge in [-0.15, -0.1) is 10.2 Å². The van der Waals surface area contributed by atoms with E-state index in [2.05, 4.69) is 31.0 Å². The topological polar surface area (TPSA) is 57.0 Å². The lowest BCUT2D eigenvalue weighted by Crippen LogP contribution is -2.17. The van der Waals surface area contributed by atoms with Crippen LogP contribution in [0.3, 0.4) is 0 Å². The summed E-state index contributed by atoms with van der Waals surface area (Å²) in [4.78, 5) is 12.8. The maximum absolute atomic E-state index is 13.4. The normalized spacial score (nSPS) is 16.4. The number of nitrogens with zero attached hydrogens (tertiary/aromatic N) is 3. The molecule has 1 saturated heterocycles. The summed E-state index contributed by atoms with van der Waals surface area (Å²) >= 11 is 1.37. The molecule has 0 bridgehead atoms. The number of ketones is 1. The Morgan fingerprint density at radius 3 is 2.47 bits per heavy atom. The first kappa shape index (κ1) is 22.7. The van der Waals surface area contributed by atoms with E-state index in [1.165, 1.54) is 29.5 Å². The fourth-order valence-electron chi connectivity index (χ4n) is 3.73. The Balaban J connectivity index is 1.52. The number of carbonyl (C=O) groups excluding carboxylic acids is 1. The first-order chi connectivity index (χ1) is 15.3. The smallest absolute Gasteiger partial charge is 0.192 e. The molecule has 5 nitrogen and oxygen atoms in total. The fraction of sp³-hybridized carbons (Fsp3) is 0.400. The van der Waals surface area contributed by atoms with Crippen molar-refractivity contribution in [3.05, 3.63) is 65.5 Å². The fourth-order valence-corrected chi connectivity index (χ4v) is 4.58. The Bertz CT molecular complexity index is 1070. The molecule has 1 atom stereocenters. The molecule has 3 aromatic rings. The van der Waals surface area contributed by atoms with Crippen LogP contribution in [0.5, 0.6) is 0 Å². The van der Waals surface area contributed by atoms with E-state index in [1.54, 1.807) is 12.1 Å². The SMILES string of the molecule is CC(C)(C)c1ccc(C(=O)CSc2nnc(-c3ccc(F)cc3)n2CC2CCCO2)cc1. The number of rotatable bonds is 7. The molecule has 0 aliphatic carbocycles. The van der Waals surface area contributed by atoms with Gasteiger partial charge in [-0.05, 0) is 48.1 Å². The van der Waals surface area contributed by atoms with Crippen LogP contribution in [-0.2, 0) is 16.7 Å². The molecule has 1 fully saturated rings. The van der Waals surface area contributed by atoms with Crippen LogP contribution in [0.1, 0.15) is 49.5 Å². The summed E-state index contributed by atoms with van der Waals surface area (Å²) in [6.07, 6.45) is 2.10. The van der Waals surface area contributed by atoms with Crippen molar-refractivity contribution in [1.82, 2.24) is 14.8 Å². The first-order valence-electron chi connectivity index (χ1n) is 10.9. The van der Waals surface area contributed by atoms with E-state index in [9.17, 15) is 9.18 Å². The van der Waals surface area contributed by atoms with Crippen molar-refractivity contribution in [3.8, 4) is 11.4 Å². The molecule has 1 aliphatic rings. The summed E-state index contributed by atoms with van der Waals surface area (Å²) < 4.78 is 21.2.